The van der Waals surface area contributed by atoms with Crippen LogP contribution in [0.5, 0.6) is 0 Å². The van der Waals surface area contributed by atoms with Crippen LogP contribution >= 0.6 is 22.9 Å². The van der Waals surface area contributed by atoms with Gasteiger partial charge in [-0.3, -0.25) is 13.1 Å². The zero-order valence-electron chi connectivity index (χ0n) is 6.13. The Labute approximate surface area is 78.8 Å². The molecule has 0 radical (unpaired) electrons. The van der Waals surface area contributed by atoms with Crippen LogP contribution in [-0.4, -0.2) is 30.3 Å². The number of amides is 2. The molecule has 1 heterocycles. The molecular weight excluding hydrogens is 259 g/mol. The van der Waals surface area contributed by atoms with Crippen molar-refractivity contribution in [3.8, 4) is 0 Å². The molecule has 1 saturated heterocycles. The monoisotopic (exact) mass is 268 g/mol. The fraction of sp³-hybridized carbons (Fsp3) is 0.667. The predicted molar refractivity (Wildman–Crippen MR) is 47.9 cm³/mol. The molecule has 5 heteroatoms. The van der Waals surface area contributed by atoms with Crippen LogP contribution < -0.4 is 3.53 Å². The molecule has 1 atom stereocenters. The van der Waals surface area contributed by atoms with Gasteiger partial charge in [0.05, 0.1) is 22.9 Å². The fourth-order valence-electron chi connectivity index (χ4n) is 1.13. The molecule has 1 N–H and O–H groups in total. The molecular formula is C6H9IN2O2. The molecule has 1 fully saturated rings. The van der Waals surface area contributed by atoms with E-state index in [1.165, 1.54) is 0 Å². The lowest BCUT2D eigenvalue weighted by Crippen LogP contribution is -2.31. The average Bonchev–Trinajstić information content (AvgIpc) is 2.32. The number of carbonyl (C=O) groups excluding carboxylic acids is 2. The second kappa shape index (κ2) is 3.38. The van der Waals surface area contributed by atoms with Crippen molar-refractivity contribution < 1.29 is 9.59 Å². The molecule has 0 aromatic carbocycles. The van der Waals surface area contributed by atoms with E-state index in [2.05, 4.69) is 3.53 Å². The second-order valence-corrected chi connectivity index (χ2v) is 3.10. The molecule has 11 heavy (non-hydrogen) atoms. The highest BCUT2D eigenvalue weighted by atomic mass is 127. The van der Waals surface area contributed by atoms with Gasteiger partial charge in [0.25, 0.3) is 0 Å². The summed E-state index contributed by atoms with van der Waals surface area (Å²) >= 11 is 1.75. The lowest BCUT2D eigenvalue weighted by molar-refractivity contribution is -0.135. The van der Waals surface area contributed by atoms with Crippen molar-refractivity contribution >= 4 is 34.7 Å². The highest BCUT2D eigenvalue weighted by Crippen LogP contribution is 2.16. The summed E-state index contributed by atoms with van der Waals surface area (Å²) in [6, 6.07) is 0. The first kappa shape index (κ1) is 8.76. The van der Waals surface area contributed by atoms with Crippen LogP contribution in [0.25, 0.3) is 0 Å². The minimum absolute atomic E-state index is 0.0702. The molecule has 1 rings (SSSR count). The van der Waals surface area contributed by atoms with Crippen LogP contribution in [0.15, 0.2) is 0 Å². The predicted octanol–water partition coefficient (Wildman–Crippen LogP) is -0.0691. The Bertz CT molecular complexity index is 195. The molecule has 0 bridgehead atoms. The fourth-order valence-corrected chi connectivity index (χ4v) is 1.51. The van der Waals surface area contributed by atoms with Crippen LogP contribution in [0.2, 0.25) is 0 Å². The molecule has 4 nitrogen and oxygen atoms in total. The van der Waals surface area contributed by atoms with Crippen LogP contribution in [0, 0.1) is 5.92 Å². The lowest BCUT2D eigenvalue weighted by Gasteiger charge is -2.07. The van der Waals surface area contributed by atoms with E-state index in [0.29, 0.717) is 13.0 Å². The van der Waals surface area contributed by atoms with Crippen molar-refractivity contribution in [2.75, 3.05) is 13.6 Å². The van der Waals surface area contributed by atoms with Gasteiger partial charge in [-0.25, -0.2) is 0 Å². The molecule has 0 aromatic rings. The third-order valence-corrected chi connectivity index (χ3v) is 2.37. The van der Waals surface area contributed by atoms with E-state index in [4.69, 9.17) is 0 Å². The summed E-state index contributed by atoms with van der Waals surface area (Å²) in [6.07, 6.45) is 0.643. The second-order valence-electron chi connectivity index (χ2n) is 2.56. The number of hydrogen-bond acceptors (Lipinski definition) is 2. The Kier molecular flexibility index (Phi) is 2.69. The molecule has 1 unspecified atom stereocenters. The highest BCUT2D eigenvalue weighted by Gasteiger charge is 2.34. The van der Waals surface area contributed by atoms with Gasteiger partial charge in [0.2, 0.25) is 11.8 Å². The number of hydrogen-bond donors (Lipinski definition) is 1. The van der Waals surface area contributed by atoms with Gasteiger partial charge in [-0.1, -0.05) is 0 Å². The molecule has 0 aliphatic carbocycles. The van der Waals surface area contributed by atoms with Gasteiger partial charge in [0, 0.05) is 13.6 Å². The third-order valence-electron chi connectivity index (χ3n) is 1.84. The number of likely N-dealkylation sites (tertiary alicyclic amines) is 1. The van der Waals surface area contributed by atoms with Crippen LogP contribution in [-0.2, 0) is 9.59 Å². The van der Waals surface area contributed by atoms with Crippen LogP contribution in [0.4, 0.5) is 0 Å². The zero-order chi connectivity index (χ0) is 8.43. The van der Waals surface area contributed by atoms with Gasteiger partial charge in [0.1, 0.15) is 5.92 Å². The maximum atomic E-state index is 11.2. The van der Waals surface area contributed by atoms with Crippen molar-refractivity contribution in [2.45, 2.75) is 6.42 Å². The first-order valence-electron chi connectivity index (χ1n) is 3.32. The van der Waals surface area contributed by atoms with Crippen LogP contribution in [0.3, 0.4) is 0 Å². The molecule has 1 aliphatic heterocycles. The first-order chi connectivity index (χ1) is 5.16. The van der Waals surface area contributed by atoms with Crippen molar-refractivity contribution in [1.82, 2.24) is 8.43 Å². The number of carbonyl (C=O) groups is 2. The van der Waals surface area contributed by atoms with E-state index >= 15 is 0 Å². The zero-order valence-corrected chi connectivity index (χ0v) is 8.29. The molecule has 0 aromatic heterocycles. The molecule has 62 valence electrons. The lowest BCUT2D eigenvalue weighted by atomic mass is 10.1. The smallest absolute Gasteiger partial charge is 0.241 e. The third kappa shape index (κ3) is 1.63. The maximum absolute atomic E-state index is 11.2. The van der Waals surface area contributed by atoms with E-state index in [0.717, 1.165) is 0 Å². The van der Waals surface area contributed by atoms with Crippen molar-refractivity contribution in [3.63, 3.8) is 0 Å². The number of halogens is 1. The summed E-state index contributed by atoms with van der Waals surface area (Å²) < 4.78 is 2.44. The minimum Gasteiger partial charge on any atom is -0.345 e. The summed E-state index contributed by atoms with van der Waals surface area (Å²) in [5.41, 5.74) is 0. The van der Waals surface area contributed by atoms with Gasteiger partial charge in [-0.05, 0) is 6.42 Å². The Morgan fingerprint density at radius 1 is 1.82 bits per heavy atom. The van der Waals surface area contributed by atoms with Crippen LogP contribution in [0.1, 0.15) is 6.42 Å². The summed E-state index contributed by atoms with van der Waals surface area (Å²) in [4.78, 5) is 23.8. The number of nitrogens with one attached hydrogen (secondary N) is 1. The van der Waals surface area contributed by atoms with Crippen molar-refractivity contribution in [1.29, 1.82) is 0 Å². The van der Waals surface area contributed by atoms with E-state index < -0.39 is 5.92 Å². The van der Waals surface area contributed by atoms with Crippen molar-refractivity contribution in [3.05, 3.63) is 0 Å². The SMILES string of the molecule is CN1CCC(C(=O)NI)C1=O. The van der Waals surface area contributed by atoms with Gasteiger partial charge < -0.3 is 4.90 Å². The standard InChI is InChI=1S/C6H9IN2O2/c1-9-3-2-4(6(9)11)5(10)8-7/h4H,2-3H2,1H3,(H,8,10). The number of rotatable bonds is 1. The van der Waals surface area contributed by atoms with Gasteiger partial charge in [-0.2, -0.15) is 0 Å². The van der Waals surface area contributed by atoms with Gasteiger partial charge >= 0.3 is 0 Å². The Morgan fingerprint density at radius 3 is 2.82 bits per heavy atom. The van der Waals surface area contributed by atoms with Gasteiger partial charge in [0.15, 0.2) is 0 Å². The Balaban J connectivity index is 2.62. The topological polar surface area (TPSA) is 49.4 Å². The molecule has 2 amide bonds. The number of nitrogens with zero attached hydrogens (tertiary/aromatic N) is 1. The van der Waals surface area contributed by atoms with Gasteiger partial charge in [-0.15, -0.1) is 0 Å². The quantitative estimate of drug-likeness (QED) is 0.411. The van der Waals surface area contributed by atoms with E-state index in [9.17, 15) is 9.59 Å². The normalized spacial score (nSPS) is 24.0. The first-order valence-corrected chi connectivity index (χ1v) is 4.40. The molecule has 0 spiro atoms. The Hall–Kier alpha value is -0.330. The summed E-state index contributed by atoms with van der Waals surface area (Å²) in [5.74, 6) is -0.698. The molecule has 1 aliphatic rings. The Morgan fingerprint density at radius 2 is 2.45 bits per heavy atom. The highest BCUT2D eigenvalue weighted by molar-refractivity contribution is 14.1. The van der Waals surface area contributed by atoms with E-state index in [-0.39, 0.29) is 11.8 Å². The van der Waals surface area contributed by atoms with E-state index in [1.807, 2.05) is 0 Å². The maximum Gasteiger partial charge on any atom is 0.241 e. The van der Waals surface area contributed by atoms with E-state index in [1.54, 1.807) is 34.8 Å². The molecule has 0 saturated carbocycles. The summed E-state index contributed by atoms with van der Waals surface area (Å²) in [5, 5.41) is 0. The largest absolute Gasteiger partial charge is 0.345 e. The average molecular weight is 268 g/mol. The summed E-state index contributed by atoms with van der Waals surface area (Å²) in [6.45, 7) is 0.688. The van der Waals surface area contributed by atoms with Crippen molar-refractivity contribution in [2.24, 2.45) is 5.92 Å². The minimum atomic E-state index is -0.447. The summed E-state index contributed by atoms with van der Waals surface area (Å²) in [7, 11) is 1.71.